The Hall–Kier alpha value is -3.83. The molecule has 0 spiro atoms. The molecule has 1 aromatic carbocycles. The van der Waals surface area contributed by atoms with E-state index in [0.29, 0.717) is 13.0 Å². The molecule has 1 aromatic rings. The Labute approximate surface area is 332 Å². The van der Waals surface area contributed by atoms with Crippen LogP contribution in [0.2, 0.25) is 0 Å². The van der Waals surface area contributed by atoms with Crippen LogP contribution in [-0.2, 0) is 44.5 Å². The summed E-state index contributed by atoms with van der Waals surface area (Å²) in [6.45, 7) is 11.4. The SMILES string of the molecule is CC[C@H](C)[C@@H]([C@@H](CC(=O)N1CCC[C@H]1[C@H](OC)[C@@H](C)C(=O)N[C@@H](Cc1ccccc1)C(=O)NCCOCCOCCNC(=O)O)OC)N(C)C(=O)[C@@H](N)C(C)C. The van der Waals surface area contributed by atoms with Crippen LogP contribution in [0.1, 0.15) is 65.9 Å². The van der Waals surface area contributed by atoms with Gasteiger partial charge < -0.3 is 55.5 Å². The van der Waals surface area contributed by atoms with Crippen molar-refractivity contribution in [1.29, 1.82) is 0 Å². The maximum absolute atomic E-state index is 14.1. The number of carbonyl (C=O) groups is 5. The molecule has 0 saturated carbocycles. The summed E-state index contributed by atoms with van der Waals surface area (Å²) in [5, 5.41) is 16.6. The van der Waals surface area contributed by atoms with Crippen molar-refractivity contribution in [1.82, 2.24) is 25.8 Å². The molecular formula is C40H68N6O10. The van der Waals surface area contributed by atoms with Gasteiger partial charge in [0.15, 0.2) is 0 Å². The lowest BCUT2D eigenvalue weighted by molar-refractivity contribution is -0.146. The van der Waals surface area contributed by atoms with Crippen molar-refractivity contribution in [3.8, 4) is 0 Å². The summed E-state index contributed by atoms with van der Waals surface area (Å²) in [4.78, 5) is 68.6. The van der Waals surface area contributed by atoms with Crippen LogP contribution < -0.4 is 21.7 Å². The highest BCUT2D eigenvalue weighted by Gasteiger charge is 2.42. The number of nitrogens with two attached hydrogens (primary N) is 1. The molecule has 0 bridgehead atoms. The highest BCUT2D eigenvalue weighted by atomic mass is 16.5. The van der Waals surface area contributed by atoms with E-state index in [0.717, 1.165) is 18.4 Å². The Bertz CT molecular complexity index is 1350. The van der Waals surface area contributed by atoms with Crippen molar-refractivity contribution in [2.75, 3.05) is 67.3 Å². The Morgan fingerprint density at radius 1 is 0.929 bits per heavy atom. The first-order valence-corrected chi connectivity index (χ1v) is 19.8. The second-order valence-electron chi connectivity index (χ2n) is 14.9. The van der Waals surface area contributed by atoms with Gasteiger partial charge in [-0.05, 0) is 30.2 Å². The van der Waals surface area contributed by atoms with Gasteiger partial charge in [0, 0.05) is 47.3 Å². The van der Waals surface area contributed by atoms with E-state index in [1.165, 1.54) is 7.11 Å². The minimum Gasteiger partial charge on any atom is -0.465 e. The molecular weight excluding hydrogens is 724 g/mol. The summed E-state index contributed by atoms with van der Waals surface area (Å²) in [5.41, 5.74) is 7.11. The molecule has 16 heteroatoms. The quantitative estimate of drug-likeness (QED) is 0.0858. The van der Waals surface area contributed by atoms with Crippen LogP contribution >= 0.6 is 0 Å². The predicted molar refractivity (Wildman–Crippen MR) is 212 cm³/mol. The first kappa shape index (κ1) is 48.3. The van der Waals surface area contributed by atoms with Crippen molar-refractivity contribution < 1.29 is 48.0 Å². The minimum absolute atomic E-state index is 0.0279. The molecule has 0 aliphatic carbocycles. The molecule has 1 saturated heterocycles. The lowest BCUT2D eigenvalue weighted by atomic mass is 9.89. The first-order chi connectivity index (χ1) is 26.7. The number of likely N-dealkylation sites (tertiary alicyclic amines) is 1. The molecule has 1 aliphatic heterocycles. The molecule has 1 heterocycles. The van der Waals surface area contributed by atoms with E-state index < -0.39 is 42.3 Å². The molecule has 5 amide bonds. The van der Waals surface area contributed by atoms with E-state index in [1.54, 1.807) is 30.9 Å². The second kappa shape index (κ2) is 25.4. The van der Waals surface area contributed by atoms with Gasteiger partial charge in [0.2, 0.25) is 23.6 Å². The number of likely N-dealkylation sites (N-methyl/N-ethyl adjacent to an activating group) is 1. The van der Waals surface area contributed by atoms with Crippen LogP contribution in [0.15, 0.2) is 30.3 Å². The lowest BCUT2D eigenvalue weighted by Gasteiger charge is -2.40. The summed E-state index contributed by atoms with van der Waals surface area (Å²) < 4.78 is 22.7. The number of carbonyl (C=O) groups excluding carboxylic acids is 4. The summed E-state index contributed by atoms with van der Waals surface area (Å²) in [7, 11) is 4.80. The van der Waals surface area contributed by atoms with Crippen molar-refractivity contribution in [3.05, 3.63) is 35.9 Å². The average Bonchev–Trinajstić information content (AvgIpc) is 3.67. The number of nitrogens with one attached hydrogen (secondary N) is 3. The van der Waals surface area contributed by atoms with E-state index in [2.05, 4.69) is 16.0 Å². The molecule has 0 radical (unpaired) electrons. The lowest BCUT2D eigenvalue weighted by Crippen LogP contribution is -2.56. The molecule has 8 atom stereocenters. The molecule has 16 nitrogen and oxygen atoms in total. The molecule has 6 N–H and O–H groups in total. The topological polar surface area (TPSA) is 211 Å². The summed E-state index contributed by atoms with van der Waals surface area (Å²) in [6.07, 6.45) is 0.0609. The van der Waals surface area contributed by atoms with Gasteiger partial charge in [0.1, 0.15) is 6.04 Å². The van der Waals surface area contributed by atoms with Gasteiger partial charge >= 0.3 is 6.09 Å². The number of benzene rings is 1. The zero-order chi connectivity index (χ0) is 41.8. The Balaban J connectivity index is 2.11. The van der Waals surface area contributed by atoms with Crippen molar-refractivity contribution in [3.63, 3.8) is 0 Å². The summed E-state index contributed by atoms with van der Waals surface area (Å²) in [6, 6.07) is 7.03. The molecule has 0 unspecified atom stereocenters. The number of nitrogens with zero attached hydrogens (tertiary/aromatic N) is 2. The van der Waals surface area contributed by atoms with Gasteiger partial charge in [-0.15, -0.1) is 0 Å². The maximum atomic E-state index is 14.1. The van der Waals surface area contributed by atoms with Crippen LogP contribution in [0.3, 0.4) is 0 Å². The summed E-state index contributed by atoms with van der Waals surface area (Å²) >= 11 is 0. The minimum atomic E-state index is -1.12. The Morgan fingerprint density at radius 2 is 1.55 bits per heavy atom. The van der Waals surface area contributed by atoms with Crippen LogP contribution in [0.4, 0.5) is 4.79 Å². The molecule has 1 fully saturated rings. The second-order valence-corrected chi connectivity index (χ2v) is 14.9. The number of amides is 5. The average molecular weight is 793 g/mol. The molecule has 1 aliphatic rings. The van der Waals surface area contributed by atoms with Gasteiger partial charge in [-0.2, -0.15) is 0 Å². The van der Waals surface area contributed by atoms with Gasteiger partial charge in [-0.25, -0.2) is 4.79 Å². The maximum Gasteiger partial charge on any atom is 0.404 e. The van der Waals surface area contributed by atoms with E-state index in [9.17, 15) is 24.0 Å². The van der Waals surface area contributed by atoms with Gasteiger partial charge in [-0.3, -0.25) is 19.2 Å². The number of rotatable bonds is 26. The largest absolute Gasteiger partial charge is 0.465 e. The monoisotopic (exact) mass is 792 g/mol. The number of hydrogen-bond acceptors (Lipinski definition) is 10. The Kier molecular flexibility index (Phi) is 21.9. The van der Waals surface area contributed by atoms with Crippen LogP contribution in [0.25, 0.3) is 0 Å². The fourth-order valence-corrected chi connectivity index (χ4v) is 7.11. The highest BCUT2D eigenvalue weighted by Crippen LogP contribution is 2.29. The van der Waals surface area contributed by atoms with E-state index >= 15 is 0 Å². The number of hydrogen-bond donors (Lipinski definition) is 5. The number of carboxylic acid groups (broad SMARTS) is 1. The van der Waals surface area contributed by atoms with Gasteiger partial charge in [-0.1, -0.05) is 71.4 Å². The molecule has 56 heavy (non-hydrogen) atoms. The fourth-order valence-electron chi connectivity index (χ4n) is 7.11. The van der Waals surface area contributed by atoms with Gasteiger partial charge in [0.05, 0.1) is 69.1 Å². The smallest absolute Gasteiger partial charge is 0.404 e. The van der Waals surface area contributed by atoms with Crippen LogP contribution in [-0.4, -0.2) is 148 Å². The molecule has 318 valence electrons. The third-order valence-electron chi connectivity index (χ3n) is 10.6. The molecule has 2 rings (SSSR count). The zero-order valence-corrected chi connectivity index (χ0v) is 34.7. The number of methoxy groups -OCH3 is 2. The van der Waals surface area contributed by atoms with Crippen molar-refractivity contribution in [2.24, 2.45) is 23.5 Å². The first-order valence-electron chi connectivity index (χ1n) is 19.8. The fraction of sp³-hybridized carbons (Fsp3) is 0.725. The van der Waals surface area contributed by atoms with E-state index in [1.807, 2.05) is 58.0 Å². The standard InChI is InChI=1S/C40H68N6O10/c1-9-27(4)35(45(6)39(50)34(41)26(2)3)32(53-7)25-33(47)46-19-13-16-31(46)36(54-8)28(5)37(48)44-30(24-29-14-11-10-12-15-29)38(49)42-17-20-55-22-23-56-21-18-43-40(51)52/h10-12,14-15,26-28,30-32,34-36,43H,9,13,16-25,41H2,1-8H3,(H,42,49)(H,44,48)(H,51,52)/t27-,28+,30-,31-,32+,34-,35-,36+/m0/s1. The normalized spacial score (nSPS) is 18.0. The van der Waals surface area contributed by atoms with Crippen LogP contribution in [0, 0.1) is 17.8 Å². The van der Waals surface area contributed by atoms with Crippen LogP contribution in [0.5, 0.6) is 0 Å². The van der Waals surface area contributed by atoms with E-state index in [-0.39, 0.29) is 93.9 Å². The third-order valence-corrected chi connectivity index (χ3v) is 10.6. The molecule has 0 aromatic heterocycles. The van der Waals surface area contributed by atoms with Crippen molar-refractivity contribution in [2.45, 2.75) is 103 Å². The predicted octanol–water partition coefficient (Wildman–Crippen LogP) is 2.03. The Morgan fingerprint density at radius 3 is 2.11 bits per heavy atom. The third kappa shape index (κ3) is 15.3. The zero-order valence-electron chi connectivity index (χ0n) is 34.7. The highest BCUT2D eigenvalue weighted by molar-refractivity contribution is 5.89. The number of ether oxygens (including phenoxy) is 4. The summed E-state index contributed by atoms with van der Waals surface area (Å²) in [5.74, 6) is -1.85. The van der Waals surface area contributed by atoms with Crippen molar-refractivity contribution >= 4 is 29.7 Å². The van der Waals surface area contributed by atoms with E-state index in [4.69, 9.17) is 29.8 Å². The van der Waals surface area contributed by atoms with Gasteiger partial charge in [0.25, 0.3) is 0 Å².